The summed E-state index contributed by atoms with van der Waals surface area (Å²) in [6.07, 6.45) is 3.83. The van der Waals surface area contributed by atoms with Crippen LogP contribution in [0, 0.1) is 5.92 Å². The number of benzene rings is 1. The van der Waals surface area contributed by atoms with Crippen molar-refractivity contribution in [2.24, 2.45) is 5.92 Å². The number of carbonyl (C=O) groups excluding carboxylic acids is 2. The van der Waals surface area contributed by atoms with Gasteiger partial charge in [-0.2, -0.15) is 0 Å². The van der Waals surface area contributed by atoms with Crippen LogP contribution in [0.15, 0.2) is 24.3 Å². The summed E-state index contributed by atoms with van der Waals surface area (Å²) in [6, 6.07) is 7.19. The largest absolute Gasteiger partial charge is 0.496 e. The Morgan fingerprint density at radius 1 is 1.32 bits per heavy atom. The number of methoxy groups -OCH3 is 1. The van der Waals surface area contributed by atoms with Crippen molar-refractivity contribution >= 4 is 11.9 Å². The summed E-state index contributed by atoms with van der Waals surface area (Å²) >= 11 is 0. The average Bonchev–Trinajstić information content (AvgIpc) is 2.76. The van der Waals surface area contributed by atoms with Crippen LogP contribution in [0.4, 0.5) is 4.79 Å². The molecule has 0 unspecified atom stereocenters. The number of rotatable bonds is 3. The van der Waals surface area contributed by atoms with E-state index in [1.165, 1.54) is 4.90 Å². The van der Waals surface area contributed by atoms with Gasteiger partial charge in [-0.05, 0) is 24.8 Å². The molecule has 118 valence electrons. The lowest BCUT2D eigenvalue weighted by molar-refractivity contribution is -0.134. The van der Waals surface area contributed by atoms with Crippen molar-refractivity contribution in [3.05, 3.63) is 29.8 Å². The van der Waals surface area contributed by atoms with Crippen LogP contribution in [0.1, 0.15) is 38.2 Å². The first-order valence-electron chi connectivity index (χ1n) is 7.84. The van der Waals surface area contributed by atoms with Gasteiger partial charge in [0.05, 0.1) is 13.7 Å². The lowest BCUT2D eigenvalue weighted by Crippen LogP contribution is -2.53. The van der Waals surface area contributed by atoms with E-state index in [1.807, 2.05) is 24.3 Å². The Kier molecular flexibility index (Phi) is 3.81. The van der Waals surface area contributed by atoms with E-state index < -0.39 is 5.54 Å². The molecule has 22 heavy (non-hydrogen) atoms. The SMILES string of the molecule is COc1ccccc1CN1C(=O)N[C@@]2(CCCC[C@H]2C)C1=O. The Balaban J connectivity index is 1.86. The van der Waals surface area contributed by atoms with Crippen LogP contribution >= 0.6 is 0 Å². The van der Waals surface area contributed by atoms with Crippen molar-refractivity contribution < 1.29 is 14.3 Å². The lowest BCUT2D eigenvalue weighted by Gasteiger charge is -2.36. The highest BCUT2D eigenvalue weighted by atomic mass is 16.5. The first-order chi connectivity index (χ1) is 10.6. The molecular formula is C17H22N2O3. The topological polar surface area (TPSA) is 58.6 Å². The maximum Gasteiger partial charge on any atom is 0.325 e. The number of imide groups is 1. The fraction of sp³-hybridized carbons (Fsp3) is 0.529. The van der Waals surface area contributed by atoms with Crippen LogP contribution in [0.25, 0.3) is 0 Å². The molecule has 2 aliphatic rings. The van der Waals surface area contributed by atoms with Gasteiger partial charge in [-0.1, -0.05) is 38.0 Å². The maximum absolute atomic E-state index is 12.9. The molecule has 1 aromatic carbocycles. The third-order valence-corrected chi connectivity index (χ3v) is 5.02. The number of hydrogen-bond donors (Lipinski definition) is 1. The van der Waals surface area contributed by atoms with Gasteiger partial charge in [-0.25, -0.2) is 4.79 Å². The van der Waals surface area contributed by atoms with E-state index in [2.05, 4.69) is 12.2 Å². The molecule has 1 saturated carbocycles. The number of ether oxygens (including phenoxy) is 1. The molecule has 5 heteroatoms. The predicted octanol–water partition coefficient (Wildman–Crippen LogP) is 2.70. The number of carbonyl (C=O) groups is 2. The van der Waals surface area contributed by atoms with Gasteiger partial charge < -0.3 is 10.1 Å². The van der Waals surface area contributed by atoms with E-state index in [0.717, 1.165) is 31.2 Å². The fourth-order valence-corrected chi connectivity index (χ4v) is 3.64. The molecule has 1 saturated heterocycles. The van der Waals surface area contributed by atoms with Gasteiger partial charge in [0.25, 0.3) is 5.91 Å². The number of nitrogens with zero attached hydrogens (tertiary/aromatic N) is 1. The molecule has 5 nitrogen and oxygen atoms in total. The monoisotopic (exact) mass is 302 g/mol. The molecular weight excluding hydrogens is 280 g/mol. The number of urea groups is 1. The molecule has 1 aromatic rings. The highest BCUT2D eigenvalue weighted by Gasteiger charge is 2.54. The summed E-state index contributed by atoms with van der Waals surface area (Å²) < 4.78 is 5.31. The molecule has 0 aromatic heterocycles. The molecule has 2 atom stereocenters. The summed E-state index contributed by atoms with van der Waals surface area (Å²) in [4.78, 5) is 26.6. The minimum absolute atomic E-state index is 0.0874. The van der Waals surface area contributed by atoms with Crippen LogP contribution in [-0.2, 0) is 11.3 Å². The van der Waals surface area contributed by atoms with E-state index in [-0.39, 0.29) is 24.4 Å². The van der Waals surface area contributed by atoms with Gasteiger partial charge in [-0.3, -0.25) is 9.69 Å². The van der Waals surface area contributed by atoms with Gasteiger partial charge in [0.2, 0.25) is 0 Å². The van der Waals surface area contributed by atoms with E-state index >= 15 is 0 Å². The van der Waals surface area contributed by atoms with Crippen molar-refractivity contribution in [2.45, 2.75) is 44.7 Å². The van der Waals surface area contributed by atoms with Crippen LogP contribution < -0.4 is 10.1 Å². The summed E-state index contributed by atoms with van der Waals surface area (Å²) in [5.41, 5.74) is 0.145. The van der Waals surface area contributed by atoms with E-state index in [1.54, 1.807) is 7.11 Å². The van der Waals surface area contributed by atoms with E-state index in [9.17, 15) is 9.59 Å². The van der Waals surface area contributed by atoms with Crippen molar-refractivity contribution in [3.8, 4) is 5.75 Å². The molecule has 1 aliphatic heterocycles. The molecule has 1 N–H and O–H groups in total. The third kappa shape index (κ3) is 2.25. The summed E-state index contributed by atoms with van der Waals surface area (Å²) in [5.74, 6) is 0.789. The van der Waals surface area contributed by atoms with Gasteiger partial charge in [0, 0.05) is 5.56 Å². The van der Waals surface area contributed by atoms with Crippen LogP contribution in [-0.4, -0.2) is 29.5 Å². The standard InChI is InChI=1S/C17H22N2O3/c1-12-7-5-6-10-17(12)15(20)19(16(21)18-17)11-13-8-3-4-9-14(13)22-2/h3-4,8-9,12H,5-7,10-11H2,1-2H3,(H,18,21)/t12-,17-/m1/s1. The number of nitrogens with one attached hydrogen (secondary N) is 1. The zero-order valence-corrected chi connectivity index (χ0v) is 13.1. The molecule has 0 radical (unpaired) electrons. The molecule has 3 amide bonds. The highest BCUT2D eigenvalue weighted by Crippen LogP contribution is 2.38. The Bertz CT molecular complexity index is 601. The fourth-order valence-electron chi connectivity index (χ4n) is 3.64. The van der Waals surface area contributed by atoms with Gasteiger partial charge >= 0.3 is 6.03 Å². The number of amides is 3. The third-order valence-electron chi connectivity index (χ3n) is 5.02. The van der Waals surface area contributed by atoms with Crippen LogP contribution in [0.3, 0.4) is 0 Å². The predicted molar refractivity (Wildman–Crippen MR) is 82.4 cm³/mol. The minimum atomic E-state index is -0.697. The zero-order chi connectivity index (χ0) is 15.7. The quantitative estimate of drug-likeness (QED) is 0.873. The highest BCUT2D eigenvalue weighted by molar-refractivity contribution is 6.07. The molecule has 1 aliphatic carbocycles. The Morgan fingerprint density at radius 3 is 2.82 bits per heavy atom. The van der Waals surface area contributed by atoms with E-state index in [4.69, 9.17) is 4.74 Å². The van der Waals surface area contributed by atoms with Gasteiger partial charge in [0.1, 0.15) is 11.3 Å². The summed E-state index contributed by atoms with van der Waals surface area (Å²) in [7, 11) is 1.59. The lowest BCUT2D eigenvalue weighted by atomic mass is 9.73. The Morgan fingerprint density at radius 2 is 2.09 bits per heavy atom. The smallest absolute Gasteiger partial charge is 0.325 e. The Hall–Kier alpha value is -2.04. The number of para-hydroxylation sites is 1. The second kappa shape index (κ2) is 5.63. The normalized spacial score (nSPS) is 28.1. The van der Waals surface area contributed by atoms with Crippen molar-refractivity contribution in [2.75, 3.05) is 7.11 Å². The second-order valence-electron chi connectivity index (χ2n) is 6.25. The first-order valence-corrected chi connectivity index (χ1v) is 7.84. The second-order valence-corrected chi connectivity index (χ2v) is 6.25. The number of hydrogen-bond acceptors (Lipinski definition) is 3. The molecule has 1 heterocycles. The molecule has 3 rings (SSSR count). The van der Waals surface area contributed by atoms with Crippen molar-refractivity contribution in [1.29, 1.82) is 0 Å². The molecule has 2 fully saturated rings. The Labute approximate surface area is 130 Å². The average molecular weight is 302 g/mol. The summed E-state index contributed by atoms with van der Waals surface area (Å²) in [6.45, 7) is 2.31. The van der Waals surface area contributed by atoms with Crippen LogP contribution in [0.5, 0.6) is 5.75 Å². The van der Waals surface area contributed by atoms with E-state index in [0.29, 0.717) is 5.75 Å². The van der Waals surface area contributed by atoms with Gasteiger partial charge in [-0.15, -0.1) is 0 Å². The van der Waals surface area contributed by atoms with Gasteiger partial charge in [0.15, 0.2) is 0 Å². The summed E-state index contributed by atoms with van der Waals surface area (Å²) in [5, 5.41) is 2.97. The van der Waals surface area contributed by atoms with Crippen molar-refractivity contribution in [3.63, 3.8) is 0 Å². The minimum Gasteiger partial charge on any atom is -0.496 e. The first kappa shape index (κ1) is 14.9. The zero-order valence-electron chi connectivity index (χ0n) is 13.1. The molecule has 0 bridgehead atoms. The van der Waals surface area contributed by atoms with Crippen LogP contribution in [0.2, 0.25) is 0 Å². The maximum atomic E-state index is 12.9. The molecule has 1 spiro atoms. The van der Waals surface area contributed by atoms with Crippen molar-refractivity contribution in [1.82, 2.24) is 10.2 Å².